The topological polar surface area (TPSA) is 85.9 Å². The highest BCUT2D eigenvalue weighted by Gasteiger charge is 2.10. The van der Waals surface area contributed by atoms with Gasteiger partial charge in [0.05, 0.1) is 11.4 Å². The summed E-state index contributed by atoms with van der Waals surface area (Å²) in [5.74, 6) is -0.160. The zero-order valence-electron chi connectivity index (χ0n) is 12.5. The van der Waals surface area contributed by atoms with Crippen molar-refractivity contribution < 1.29 is 4.92 Å². The summed E-state index contributed by atoms with van der Waals surface area (Å²) < 4.78 is 1.79. The molecule has 0 aliphatic heterocycles. The van der Waals surface area contributed by atoms with Crippen molar-refractivity contribution in [3.05, 3.63) is 76.7 Å². The van der Waals surface area contributed by atoms with Crippen molar-refractivity contribution >= 4 is 11.5 Å². The summed E-state index contributed by atoms with van der Waals surface area (Å²) in [6, 6.07) is 13.0. The van der Waals surface area contributed by atoms with Crippen molar-refractivity contribution in [1.82, 2.24) is 14.8 Å². The van der Waals surface area contributed by atoms with Gasteiger partial charge in [-0.15, -0.1) is 0 Å². The van der Waals surface area contributed by atoms with Crippen molar-refractivity contribution in [3.8, 4) is 5.69 Å². The molecule has 7 nitrogen and oxygen atoms in total. The van der Waals surface area contributed by atoms with E-state index in [1.165, 1.54) is 12.3 Å². The second-order valence-electron chi connectivity index (χ2n) is 5.07. The first-order valence-corrected chi connectivity index (χ1v) is 7.10. The van der Waals surface area contributed by atoms with E-state index in [1.807, 2.05) is 43.5 Å². The molecular weight excluding hydrogens is 294 g/mol. The number of benzene rings is 1. The van der Waals surface area contributed by atoms with Crippen LogP contribution in [0.3, 0.4) is 0 Å². The van der Waals surface area contributed by atoms with E-state index in [2.05, 4.69) is 15.4 Å². The molecule has 2 aromatic heterocycles. The fraction of sp³-hybridized carbons (Fsp3) is 0.125. The molecule has 23 heavy (non-hydrogen) atoms. The summed E-state index contributed by atoms with van der Waals surface area (Å²) in [5.41, 5.74) is 2.82. The fourth-order valence-corrected chi connectivity index (χ4v) is 2.25. The molecule has 1 aromatic carbocycles. The third-order valence-electron chi connectivity index (χ3n) is 3.48. The SMILES string of the molecule is C[C@H](Nc1ccc([N+](=O)[O-])nc1)c1ccc(-n2cccn2)cc1. The van der Waals surface area contributed by atoms with Crippen LogP contribution in [-0.2, 0) is 0 Å². The Hall–Kier alpha value is -3.22. The molecule has 7 heteroatoms. The van der Waals surface area contributed by atoms with Gasteiger partial charge in [0.25, 0.3) is 0 Å². The first-order valence-electron chi connectivity index (χ1n) is 7.10. The third-order valence-corrected chi connectivity index (χ3v) is 3.48. The Morgan fingerprint density at radius 1 is 1.22 bits per heavy atom. The molecule has 0 radical (unpaired) electrons. The van der Waals surface area contributed by atoms with Crippen molar-refractivity contribution in [1.29, 1.82) is 0 Å². The highest BCUT2D eigenvalue weighted by Crippen LogP contribution is 2.21. The van der Waals surface area contributed by atoms with Crippen LogP contribution in [0.5, 0.6) is 0 Å². The van der Waals surface area contributed by atoms with Gasteiger partial charge in [-0.2, -0.15) is 5.10 Å². The summed E-state index contributed by atoms with van der Waals surface area (Å²) in [6.45, 7) is 2.02. The van der Waals surface area contributed by atoms with Gasteiger partial charge in [0.1, 0.15) is 0 Å². The van der Waals surface area contributed by atoms with Gasteiger partial charge >= 0.3 is 5.82 Å². The summed E-state index contributed by atoms with van der Waals surface area (Å²) in [7, 11) is 0. The average Bonchev–Trinajstić information content (AvgIpc) is 3.10. The maximum atomic E-state index is 10.6. The first-order chi connectivity index (χ1) is 11.1. The van der Waals surface area contributed by atoms with E-state index >= 15 is 0 Å². The first kappa shape index (κ1) is 14.7. The molecule has 0 bridgehead atoms. The minimum Gasteiger partial charge on any atom is -0.375 e. The Kier molecular flexibility index (Phi) is 4.01. The van der Waals surface area contributed by atoms with E-state index < -0.39 is 4.92 Å². The molecule has 3 rings (SSSR count). The number of hydrogen-bond donors (Lipinski definition) is 1. The van der Waals surface area contributed by atoms with Crippen LogP contribution in [0.2, 0.25) is 0 Å². The summed E-state index contributed by atoms with van der Waals surface area (Å²) in [6.07, 6.45) is 5.09. The Balaban J connectivity index is 1.70. The lowest BCUT2D eigenvalue weighted by atomic mass is 10.1. The zero-order chi connectivity index (χ0) is 16.2. The number of nitrogens with zero attached hydrogens (tertiary/aromatic N) is 4. The van der Waals surface area contributed by atoms with Gasteiger partial charge in [-0.3, -0.25) is 0 Å². The highest BCUT2D eigenvalue weighted by atomic mass is 16.6. The highest BCUT2D eigenvalue weighted by molar-refractivity contribution is 5.46. The van der Waals surface area contributed by atoms with E-state index in [9.17, 15) is 10.1 Å². The lowest BCUT2D eigenvalue weighted by Crippen LogP contribution is -2.07. The van der Waals surface area contributed by atoms with Gasteiger partial charge in [0.15, 0.2) is 6.20 Å². The lowest BCUT2D eigenvalue weighted by Gasteiger charge is -2.15. The molecule has 0 saturated carbocycles. The Morgan fingerprint density at radius 3 is 2.57 bits per heavy atom. The van der Waals surface area contributed by atoms with E-state index in [0.717, 1.165) is 16.9 Å². The number of pyridine rings is 1. The Bertz CT molecular complexity index is 782. The minimum absolute atomic E-state index is 0.0462. The summed E-state index contributed by atoms with van der Waals surface area (Å²) >= 11 is 0. The Labute approximate surface area is 132 Å². The number of nitro groups is 1. The number of hydrogen-bond acceptors (Lipinski definition) is 5. The quantitative estimate of drug-likeness (QED) is 0.577. The summed E-state index contributed by atoms with van der Waals surface area (Å²) in [5, 5.41) is 18.1. The molecule has 0 fully saturated rings. The van der Waals surface area contributed by atoms with Gasteiger partial charge < -0.3 is 15.4 Å². The molecule has 1 N–H and O–H groups in total. The minimum atomic E-state index is -0.513. The van der Waals surface area contributed by atoms with Crippen molar-refractivity contribution in [2.45, 2.75) is 13.0 Å². The molecule has 1 atom stereocenters. The number of aromatic nitrogens is 3. The number of anilines is 1. The van der Waals surface area contributed by atoms with Crippen LogP contribution in [0.1, 0.15) is 18.5 Å². The number of rotatable bonds is 5. The fourth-order valence-electron chi connectivity index (χ4n) is 2.25. The molecule has 0 spiro atoms. The Morgan fingerprint density at radius 2 is 2.00 bits per heavy atom. The molecule has 2 heterocycles. The summed E-state index contributed by atoms with van der Waals surface area (Å²) in [4.78, 5) is 13.9. The molecule has 0 unspecified atom stereocenters. The van der Waals surface area contributed by atoms with Crippen LogP contribution in [0.15, 0.2) is 61.1 Å². The second-order valence-corrected chi connectivity index (χ2v) is 5.07. The molecule has 0 aliphatic carbocycles. The number of nitrogens with one attached hydrogen (secondary N) is 1. The van der Waals surface area contributed by atoms with Crippen molar-refractivity contribution in [2.75, 3.05) is 5.32 Å². The molecule has 0 aliphatic rings. The van der Waals surface area contributed by atoms with Crippen LogP contribution in [-0.4, -0.2) is 19.7 Å². The van der Waals surface area contributed by atoms with Crippen molar-refractivity contribution in [2.24, 2.45) is 0 Å². The van der Waals surface area contributed by atoms with Gasteiger partial charge in [-0.25, -0.2) is 4.68 Å². The normalized spacial score (nSPS) is 11.9. The molecule has 3 aromatic rings. The monoisotopic (exact) mass is 309 g/mol. The second kappa shape index (κ2) is 6.27. The molecule has 0 saturated heterocycles. The standard InChI is InChI=1S/C16H15N5O2/c1-12(19-14-5-8-16(17-11-14)21(22)23)13-3-6-15(7-4-13)20-10-2-9-18-20/h2-12,19H,1H3/t12-/m0/s1. The van der Waals surface area contributed by atoms with Gasteiger partial charge in [0.2, 0.25) is 0 Å². The van der Waals surface area contributed by atoms with E-state index in [4.69, 9.17) is 0 Å². The van der Waals surface area contributed by atoms with Crippen LogP contribution in [0.25, 0.3) is 5.69 Å². The zero-order valence-corrected chi connectivity index (χ0v) is 12.5. The van der Waals surface area contributed by atoms with Gasteiger partial charge in [0, 0.05) is 24.5 Å². The third kappa shape index (κ3) is 3.34. The van der Waals surface area contributed by atoms with E-state index in [0.29, 0.717) is 0 Å². The van der Waals surface area contributed by atoms with Gasteiger partial charge in [-0.1, -0.05) is 12.1 Å². The molecular formula is C16H15N5O2. The predicted molar refractivity (Wildman–Crippen MR) is 86.5 cm³/mol. The van der Waals surface area contributed by atoms with E-state index in [1.54, 1.807) is 16.9 Å². The predicted octanol–water partition coefficient (Wildman–Crippen LogP) is 3.35. The van der Waals surface area contributed by atoms with E-state index in [-0.39, 0.29) is 11.9 Å². The smallest absolute Gasteiger partial charge is 0.363 e. The van der Waals surface area contributed by atoms with Crippen LogP contribution < -0.4 is 5.32 Å². The van der Waals surface area contributed by atoms with Crippen LogP contribution in [0, 0.1) is 10.1 Å². The van der Waals surface area contributed by atoms with Gasteiger partial charge in [-0.05, 0) is 46.7 Å². The maximum absolute atomic E-state index is 10.6. The van der Waals surface area contributed by atoms with Crippen molar-refractivity contribution in [3.63, 3.8) is 0 Å². The molecule has 0 amide bonds. The molecule has 116 valence electrons. The lowest BCUT2D eigenvalue weighted by molar-refractivity contribution is -0.389. The van der Waals surface area contributed by atoms with Crippen LogP contribution in [0.4, 0.5) is 11.5 Å². The maximum Gasteiger partial charge on any atom is 0.363 e. The van der Waals surface area contributed by atoms with Crippen LogP contribution >= 0.6 is 0 Å². The largest absolute Gasteiger partial charge is 0.375 e. The average molecular weight is 309 g/mol.